The van der Waals surface area contributed by atoms with Crippen molar-refractivity contribution in [3.63, 3.8) is 0 Å². The van der Waals surface area contributed by atoms with Crippen LogP contribution in [0, 0.1) is 0 Å². The number of hydrogen-bond donors (Lipinski definition) is 0. The van der Waals surface area contributed by atoms with Crippen LogP contribution in [0.4, 0.5) is 0 Å². The summed E-state index contributed by atoms with van der Waals surface area (Å²) >= 11 is -1.01. The molecule has 1 heterocycles. The molecule has 0 bridgehead atoms. The molecule has 0 N–H and O–H groups in total. The molecular formula is C22H18GeS. The normalized spacial score (nSPS) is 11.3. The van der Waals surface area contributed by atoms with Gasteiger partial charge in [-0.05, 0) is 0 Å². The van der Waals surface area contributed by atoms with Crippen LogP contribution in [0.2, 0.25) is 0 Å². The Morgan fingerprint density at radius 1 is 0.458 bits per heavy atom. The van der Waals surface area contributed by atoms with Crippen LogP contribution >= 0.6 is 11.3 Å². The van der Waals surface area contributed by atoms with Gasteiger partial charge in [0.25, 0.3) is 0 Å². The summed E-state index contributed by atoms with van der Waals surface area (Å²) in [7, 11) is 0. The molecule has 0 radical (unpaired) electrons. The summed E-state index contributed by atoms with van der Waals surface area (Å²) < 4.78 is 5.98. The van der Waals surface area contributed by atoms with Gasteiger partial charge in [-0.25, -0.2) is 0 Å². The van der Waals surface area contributed by atoms with Crippen molar-refractivity contribution in [2.45, 2.75) is 0 Å². The van der Waals surface area contributed by atoms with E-state index in [-0.39, 0.29) is 0 Å². The van der Waals surface area contributed by atoms with Crippen molar-refractivity contribution in [3.8, 4) is 0 Å². The van der Waals surface area contributed by atoms with E-state index in [0.717, 1.165) is 0 Å². The van der Waals surface area contributed by atoms with Crippen molar-refractivity contribution >= 4 is 41.5 Å². The minimum absolute atomic E-state index is 1.48. The topological polar surface area (TPSA) is 0 Å². The Balaban J connectivity index is 2.12. The van der Waals surface area contributed by atoms with Crippen molar-refractivity contribution in [3.05, 3.63) is 109 Å². The van der Waals surface area contributed by atoms with E-state index in [0.29, 0.717) is 0 Å². The Kier molecular flexibility index (Phi) is 4.37. The van der Waals surface area contributed by atoms with E-state index >= 15 is 0 Å². The monoisotopic (exact) mass is 388 g/mol. The molecule has 24 heavy (non-hydrogen) atoms. The van der Waals surface area contributed by atoms with Gasteiger partial charge in [0.05, 0.1) is 0 Å². The summed E-state index contributed by atoms with van der Waals surface area (Å²) in [6, 6.07) is 37.8. The molecule has 4 rings (SSSR count). The van der Waals surface area contributed by atoms with Gasteiger partial charge in [0.1, 0.15) is 0 Å². The molecule has 0 fully saturated rings. The van der Waals surface area contributed by atoms with Crippen LogP contribution in [0.15, 0.2) is 109 Å². The third kappa shape index (κ3) is 2.54. The van der Waals surface area contributed by atoms with Crippen LogP contribution in [0.1, 0.15) is 0 Å². The second-order valence-corrected chi connectivity index (χ2v) is 15.4. The third-order valence-electron chi connectivity index (χ3n) is 4.51. The van der Waals surface area contributed by atoms with E-state index in [1.54, 1.807) is 0 Å². The maximum atomic E-state index is 2.33. The Hall–Kier alpha value is -2.10. The summed E-state index contributed by atoms with van der Waals surface area (Å²) in [5.74, 6) is 0. The van der Waals surface area contributed by atoms with Crippen LogP contribution in [0.3, 0.4) is 0 Å². The first-order valence-corrected chi connectivity index (χ1v) is 13.2. The molecule has 116 valence electrons. The SMILES string of the molecule is c1cc[c]([Ge]([c]2ccccc2)([c]2ccccc2)[c]2cccs2)cc1. The summed E-state index contributed by atoms with van der Waals surface area (Å²) in [6.45, 7) is 0. The van der Waals surface area contributed by atoms with Gasteiger partial charge in [-0.3, -0.25) is 0 Å². The van der Waals surface area contributed by atoms with Gasteiger partial charge < -0.3 is 0 Å². The van der Waals surface area contributed by atoms with Crippen LogP contribution in [-0.2, 0) is 0 Å². The van der Waals surface area contributed by atoms with Crippen molar-refractivity contribution in [2.24, 2.45) is 0 Å². The van der Waals surface area contributed by atoms with Crippen LogP contribution < -0.4 is 16.9 Å². The molecule has 4 aromatic rings. The minimum atomic E-state index is -2.91. The molecule has 0 nitrogen and oxygen atoms in total. The molecular weight excluding hydrogens is 369 g/mol. The van der Waals surface area contributed by atoms with Crippen LogP contribution in [0.25, 0.3) is 0 Å². The zero-order valence-electron chi connectivity index (χ0n) is 13.3. The molecule has 0 aliphatic rings. The number of thiophene rings is 1. The van der Waals surface area contributed by atoms with E-state index in [1.807, 2.05) is 11.3 Å². The average Bonchev–Trinajstić information content (AvgIpc) is 3.20. The summed E-state index contributed by atoms with van der Waals surface area (Å²) in [5, 5.41) is 2.21. The first kappa shape index (κ1) is 15.4. The molecule has 0 aliphatic carbocycles. The van der Waals surface area contributed by atoms with Gasteiger partial charge in [0, 0.05) is 0 Å². The predicted octanol–water partition coefficient (Wildman–Crippen LogP) is 3.13. The van der Waals surface area contributed by atoms with Crippen LogP contribution in [-0.4, -0.2) is 13.3 Å². The van der Waals surface area contributed by atoms with E-state index in [4.69, 9.17) is 0 Å². The van der Waals surface area contributed by atoms with Crippen molar-refractivity contribution in [1.82, 2.24) is 0 Å². The number of benzene rings is 3. The molecule has 0 atom stereocenters. The zero-order chi connectivity index (χ0) is 16.2. The zero-order valence-corrected chi connectivity index (χ0v) is 16.2. The Labute approximate surface area is 149 Å². The second kappa shape index (κ2) is 6.80. The maximum absolute atomic E-state index is 2.91. The van der Waals surface area contributed by atoms with Gasteiger partial charge in [-0.1, -0.05) is 0 Å². The molecule has 2 heteroatoms. The quantitative estimate of drug-likeness (QED) is 0.473. The van der Waals surface area contributed by atoms with Gasteiger partial charge >= 0.3 is 150 Å². The van der Waals surface area contributed by atoms with Crippen molar-refractivity contribution in [2.75, 3.05) is 0 Å². The van der Waals surface area contributed by atoms with Gasteiger partial charge in [-0.2, -0.15) is 0 Å². The Morgan fingerprint density at radius 3 is 1.21 bits per heavy atom. The fraction of sp³-hybridized carbons (Fsp3) is 0. The summed E-state index contributed by atoms with van der Waals surface area (Å²) in [5.41, 5.74) is 0. The van der Waals surface area contributed by atoms with Gasteiger partial charge in [0.2, 0.25) is 0 Å². The Morgan fingerprint density at radius 2 is 0.875 bits per heavy atom. The van der Waals surface area contributed by atoms with Crippen LogP contribution in [0.5, 0.6) is 0 Å². The number of rotatable bonds is 4. The fourth-order valence-electron chi connectivity index (χ4n) is 3.48. The molecule has 0 saturated carbocycles. The molecule has 0 unspecified atom stereocenters. The number of hydrogen-bond acceptors (Lipinski definition) is 1. The Bertz CT molecular complexity index is 788. The van der Waals surface area contributed by atoms with Crippen molar-refractivity contribution < 1.29 is 0 Å². The van der Waals surface area contributed by atoms with Gasteiger partial charge in [-0.15, -0.1) is 0 Å². The van der Waals surface area contributed by atoms with E-state index in [9.17, 15) is 0 Å². The predicted molar refractivity (Wildman–Crippen MR) is 108 cm³/mol. The fourth-order valence-corrected chi connectivity index (χ4v) is 16.5. The molecule has 0 saturated heterocycles. The van der Waals surface area contributed by atoms with Crippen molar-refractivity contribution in [1.29, 1.82) is 0 Å². The second-order valence-electron chi connectivity index (χ2n) is 5.83. The molecule has 0 amide bonds. The average molecular weight is 387 g/mol. The molecule has 0 spiro atoms. The van der Waals surface area contributed by atoms with E-state index < -0.39 is 13.3 Å². The molecule has 3 aromatic carbocycles. The summed E-state index contributed by atoms with van der Waals surface area (Å²) in [4.78, 5) is 0. The standard InChI is InChI=1S/C22H18GeS/c1-4-11-19(12-5-1)23(22-17-10-18-24-22,20-13-6-2-7-14-20)21-15-8-3-9-16-21/h1-18H. The summed E-state index contributed by atoms with van der Waals surface area (Å²) in [6.07, 6.45) is 0. The first-order valence-electron chi connectivity index (χ1n) is 8.13. The van der Waals surface area contributed by atoms with Gasteiger partial charge in [0.15, 0.2) is 0 Å². The molecule has 0 aliphatic heterocycles. The van der Waals surface area contributed by atoms with E-state index in [2.05, 4.69) is 109 Å². The van der Waals surface area contributed by atoms with E-state index in [1.165, 1.54) is 16.9 Å². The third-order valence-corrected chi connectivity index (χ3v) is 17.0. The molecule has 1 aromatic heterocycles. The first-order chi connectivity index (χ1) is 11.9.